The summed E-state index contributed by atoms with van der Waals surface area (Å²) >= 11 is 0. The van der Waals surface area contributed by atoms with Gasteiger partial charge >= 0.3 is 0 Å². The first-order chi connectivity index (χ1) is 26.4. The molecule has 9 rings (SSSR count). The molecule has 0 N–H and O–H groups in total. The summed E-state index contributed by atoms with van der Waals surface area (Å²) in [6.07, 6.45) is 0. The molecule has 9 aromatic rings. The van der Waals surface area contributed by atoms with Crippen LogP contribution in [-0.4, -0.2) is 15.0 Å². The molecule has 7 aromatic carbocycles. The van der Waals surface area contributed by atoms with E-state index in [1.54, 1.807) is 6.07 Å². The van der Waals surface area contributed by atoms with Crippen molar-refractivity contribution < 1.29 is 17.6 Å². The highest BCUT2D eigenvalue weighted by Crippen LogP contribution is 2.44. The van der Waals surface area contributed by atoms with E-state index in [0.717, 1.165) is 33.0 Å². The van der Waals surface area contributed by atoms with Gasteiger partial charge in [0.2, 0.25) is 0 Å². The maximum absolute atomic E-state index is 15.4. The molecule has 8 heteroatoms. The molecule has 54 heavy (non-hydrogen) atoms. The van der Waals surface area contributed by atoms with Crippen LogP contribution in [0.2, 0.25) is 0 Å². The molecular weight excluding hydrogens is 685 g/mol. The standard InChI is InChI=1S/C46H24F4N4/c47-39-33(25-51)40(48)42(50)36(41(39)49)29-19-12-20-30(23-29)43-38-37(31-21-10-11-22-34(31)52-43)32(26-13-4-1-5-14-26)24-35-46(38)54-45(28-17-8-3-9-18-28)44(53-35)27-15-6-2-7-16-27/h1-24H. The van der Waals surface area contributed by atoms with Crippen molar-refractivity contribution in [3.63, 3.8) is 0 Å². The van der Waals surface area contributed by atoms with Crippen LogP contribution in [0.25, 0.3) is 88.7 Å². The molecule has 0 spiro atoms. The number of hydrogen-bond acceptors (Lipinski definition) is 4. The third-order valence-corrected chi connectivity index (χ3v) is 9.58. The minimum atomic E-state index is -1.76. The molecule has 0 aliphatic rings. The van der Waals surface area contributed by atoms with Crippen LogP contribution >= 0.6 is 0 Å². The van der Waals surface area contributed by atoms with E-state index in [9.17, 15) is 14.0 Å². The molecule has 0 radical (unpaired) electrons. The largest absolute Gasteiger partial charge is 0.247 e. The van der Waals surface area contributed by atoms with Crippen molar-refractivity contribution in [1.82, 2.24) is 15.0 Å². The summed E-state index contributed by atoms with van der Waals surface area (Å²) in [4.78, 5) is 15.8. The van der Waals surface area contributed by atoms with E-state index in [-0.39, 0.29) is 5.56 Å². The van der Waals surface area contributed by atoms with Crippen molar-refractivity contribution in [3.8, 4) is 62.1 Å². The van der Waals surface area contributed by atoms with Crippen LogP contribution in [0.1, 0.15) is 5.56 Å². The van der Waals surface area contributed by atoms with Crippen LogP contribution in [-0.2, 0) is 0 Å². The number of pyridine rings is 1. The number of aromatic nitrogens is 3. The Bertz CT molecular complexity index is 2950. The first-order valence-corrected chi connectivity index (χ1v) is 17.0. The van der Waals surface area contributed by atoms with E-state index < -0.39 is 34.4 Å². The number of nitriles is 1. The number of para-hydroxylation sites is 1. The van der Waals surface area contributed by atoms with Gasteiger partial charge in [-0.15, -0.1) is 0 Å². The zero-order valence-corrected chi connectivity index (χ0v) is 28.2. The van der Waals surface area contributed by atoms with Gasteiger partial charge in [0.05, 0.1) is 39.2 Å². The van der Waals surface area contributed by atoms with Crippen molar-refractivity contribution in [2.75, 3.05) is 0 Å². The minimum absolute atomic E-state index is 0.140. The lowest BCUT2D eigenvalue weighted by atomic mass is 9.90. The summed E-state index contributed by atoms with van der Waals surface area (Å²) < 4.78 is 60.6. The molecule has 0 saturated carbocycles. The molecule has 0 fully saturated rings. The molecule has 0 bridgehead atoms. The summed E-state index contributed by atoms with van der Waals surface area (Å²) in [5.41, 5.74) is 5.04. The van der Waals surface area contributed by atoms with Crippen LogP contribution in [0.3, 0.4) is 0 Å². The average molecular weight is 709 g/mol. The number of fused-ring (bicyclic) bond motifs is 5. The second kappa shape index (κ2) is 13.1. The predicted molar refractivity (Wildman–Crippen MR) is 204 cm³/mol. The summed E-state index contributed by atoms with van der Waals surface area (Å²) in [7, 11) is 0. The SMILES string of the molecule is N#Cc1c(F)c(F)c(-c2cccc(-c3nc4ccccc4c4c(-c5ccccc5)cc5nc(-c6ccccc6)c(-c6ccccc6)nc5c34)c2)c(F)c1F. The Morgan fingerprint density at radius 1 is 0.426 bits per heavy atom. The number of rotatable bonds is 5. The number of hydrogen-bond donors (Lipinski definition) is 0. The van der Waals surface area contributed by atoms with Gasteiger partial charge in [-0.05, 0) is 34.9 Å². The third kappa shape index (κ3) is 5.25. The van der Waals surface area contributed by atoms with E-state index >= 15 is 8.78 Å². The molecular formula is C46H24F4N4. The monoisotopic (exact) mass is 708 g/mol. The normalized spacial score (nSPS) is 11.3. The van der Waals surface area contributed by atoms with Crippen LogP contribution in [0, 0.1) is 34.6 Å². The van der Waals surface area contributed by atoms with Crippen molar-refractivity contribution in [1.29, 1.82) is 5.26 Å². The van der Waals surface area contributed by atoms with E-state index in [0.29, 0.717) is 44.6 Å². The summed E-state index contributed by atoms with van der Waals surface area (Å²) in [5, 5.41) is 11.5. The van der Waals surface area contributed by atoms with Gasteiger partial charge in [-0.1, -0.05) is 127 Å². The molecule has 4 nitrogen and oxygen atoms in total. The van der Waals surface area contributed by atoms with Crippen molar-refractivity contribution in [2.45, 2.75) is 0 Å². The van der Waals surface area contributed by atoms with Gasteiger partial charge in [0, 0.05) is 32.8 Å². The molecule has 0 unspecified atom stereocenters. The lowest BCUT2D eigenvalue weighted by Gasteiger charge is -2.18. The highest BCUT2D eigenvalue weighted by atomic mass is 19.2. The summed E-state index contributed by atoms with van der Waals surface area (Å²) in [6, 6.07) is 46.4. The molecule has 0 aliphatic carbocycles. The Morgan fingerprint density at radius 2 is 0.944 bits per heavy atom. The fourth-order valence-electron chi connectivity index (χ4n) is 7.12. The fraction of sp³-hybridized carbons (Fsp3) is 0. The Kier molecular flexibility index (Phi) is 7.90. The number of nitrogens with zero attached hydrogens (tertiary/aromatic N) is 4. The van der Waals surface area contributed by atoms with Gasteiger partial charge in [-0.3, -0.25) is 0 Å². The van der Waals surface area contributed by atoms with Gasteiger partial charge < -0.3 is 0 Å². The first kappa shape index (κ1) is 32.7. The zero-order valence-electron chi connectivity index (χ0n) is 28.2. The Morgan fingerprint density at radius 3 is 1.57 bits per heavy atom. The quantitative estimate of drug-likeness (QED) is 0.101. The van der Waals surface area contributed by atoms with E-state index in [2.05, 4.69) is 0 Å². The van der Waals surface area contributed by atoms with Crippen LogP contribution in [0.4, 0.5) is 17.6 Å². The molecule has 256 valence electrons. The Balaban J connectivity index is 1.45. The van der Waals surface area contributed by atoms with Gasteiger partial charge in [0.25, 0.3) is 0 Å². The van der Waals surface area contributed by atoms with E-state index in [1.807, 2.05) is 121 Å². The van der Waals surface area contributed by atoms with Gasteiger partial charge in [-0.2, -0.15) is 5.26 Å². The fourth-order valence-corrected chi connectivity index (χ4v) is 7.12. The average Bonchev–Trinajstić information content (AvgIpc) is 3.23. The van der Waals surface area contributed by atoms with Crippen molar-refractivity contribution in [3.05, 3.63) is 174 Å². The maximum Gasteiger partial charge on any atom is 0.180 e. The molecule has 0 amide bonds. The summed E-state index contributed by atoms with van der Waals surface area (Å²) in [5.74, 6) is -6.85. The molecule has 0 saturated heterocycles. The van der Waals surface area contributed by atoms with Crippen molar-refractivity contribution in [2.24, 2.45) is 0 Å². The van der Waals surface area contributed by atoms with Gasteiger partial charge in [0.1, 0.15) is 11.6 Å². The topological polar surface area (TPSA) is 62.5 Å². The van der Waals surface area contributed by atoms with Crippen LogP contribution in [0.15, 0.2) is 146 Å². The third-order valence-electron chi connectivity index (χ3n) is 9.58. The van der Waals surface area contributed by atoms with Gasteiger partial charge in [-0.25, -0.2) is 32.5 Å². The number of halogens is 4. The molecule has 2 aromatic heterocycles. The number of benzene rings is 7. The highest BCUT2D eigenvalue weighted by molar-refractivity contribution is 6.25. The Hall–Kier alpha value is -7.24. The van der Waals surface area contributed by atoms with Crippen molar-refractivity contribution >= 4 is 32.7 Å². The Labute approximate surface area is 306 Å². The zero-order chi connectivity index (χ0) is 36.9. The van der Waals surface area contributed by atoms with E-state index in [4.69, 9.17) is 15.0 Å². The molecule has 0 atom stereocenters. The van der Waals surface area contributed by atoms with E-state index in [1.165, 1.54) is 24.3 Å². The lowest BCUT2D eigenvalue weighted by Crippen LogP contribution is -2.04. The second-order valence-electron chi connectivity index (χ2n) is 12.7. The maximum atomic E-state index is 15.4. The smallest absolute Gasteiger partial charge is 0.180 e. The van der Waals surface area contributed by atoms with Crippen LogP contribution in [0.5, 0.6) is 0 Å². The summed E-state index contributed by atoms with van der Waals surface area (Å²) in [6.45, 7) is 0. The minimum Gasteiger partial charge on any atom is -0.247 e. The second-order valence-corrected chi connectivity index (χ2v) is 12.7. The molecule has 0 aliphatic heterocycles. The molecule has 2 heterocycles. The van der Waals surface area contributed by atoms with Crippen LogP contribution < -0.4 is 0 Å². The predicted octanol–water partition coefficient (Wildman–Crippen LogP) is 12.1. The lowest BCUT2D eigenvalue weighted by molar-refractivity contribution is 0.454. The highest BCUT2D eigenvalue weighted by Gasteiger charge is 2.27. The first-order valence-electron chi connectivity index (χ1n) is 17.0. The van der Waals surface area contributed by atoms with Gasteiger partial charge in [0.15, 0.2) is 23.3 Å².